The Morgan fingerprint density at radius 3 is 2.65 bits per heavy atom. The molecule has 5 heteroatoms. The molecule has 4 nitrogen and oxygen atoms in total. The van der Waals surface area contributed by atoms with Crippen LogP contribution in [0.3, 0.4) is 0 Å². The molecule has 3 N–H and O–H groups in total. The van der Waals surface area contributed by atoms with Gasteiger partial charge in [0.05, 0.1) is 5.92 Å². The van der Waals surface area contributed by atoms with Gasteiger partial charge < -0.3 is 11.1 Å². The second kappa shape index (κ2) is 6.54. The van der Waals surface area contributed by atoms with Gasteiger partial charge >= 0.3 is 0 Å². The minimum Gasteiger partial charge on any atom is -0.329 e. The van der Waals surface area contributed by atoms with Gasteiger partial charge in [-0.15, -0.1) is 0 Å². The average Bonchev–Trinajstić information content (AvgIpc) is 2.57. The van der Waals surface area contributed by atoms with Gasteiger partial charge in [0.15, 0.2) is 0 Å². The first kappa shape index (κ1) is 15.1. The Kier molecular flexibility index (Phi) is 4.30. The Morgan fingerprint density at radius 2 is 1.91 bits per heavy atom. The van der Waals surface area contributed by atoms with Gasteiger partial charge in [0.2, 0.25) is 5.91 Å². The lowest BCUT2D eigenvalue weighted by atomic mass is 9.98. The fraction of sp³-hybridized carbons (Fsp3) is 0.111. The summed E-state index contributed by atoms with van der Waals surface area (Å²) < 4.78 is 13.0. The number of hydrogen-bond acceptors (Lipinski definition) is 3. The molecule has 0 bridgehead atoms. The maximum absolute atomic E-state index is 13.0. The van der Waals surface area contributed by atoms with Crippen molar-refractivity contribution >= 4 is 22.4 Å². The molecule has 1 atom stereocenters. The standard InChI is InChI=1S/C18H16FN3O/c19-15-4-1-12(2-5-15)17(10-20)18(23)22-16-6-3-14-11-21-8-7-13(14)9-16/h1-9,11,17H,10,20H2,(H,22,23). The Bertz CT molecular complexity index is 833. The van der Waals surface area contributed by atoms with Crippen LogP contribution < -0.4 is 11.1 Å². The molecule has 0 spiro atoms. The molecule has 0 aliphatic rings. The van der Waals surface area contributed by atoms with Gasteiger partial charge in [-0.3, -0.25) is 9.78 Å². The monoisotopic (exact) mass is 309 g/mol. The lowest BCUT2D eigenvalue weighted by Gasteiger charge is -2.15. The van der Waals surface area contributed by atoms with E-state index in [0.717, 1.165) is 10.8 Å². The maximum atomic E-state index is 13.0. The number of hydrogen-bond donors (Lipinski definition) is 2. The van der Waals surface area contributed by atoms with Crippen molar-refractivity contribution in [2.75, 3.05) is 11.9 Å². The number of amides is 1. The number of rotatable bonds is 4. The lowest BCUT2D eigenvalue weighted by Crippen LogP contribution is -2.27. The predicted molar refractivity (Wildman–Crippen MR) is 88.6 cm³/mol. The molecular weight excluding hydrogens is 293 g/mol. The number of halogens is 1. The minimum atomic E-state index is -0.524. The predicted octanol–water partition coefficient (Wildman–Crippen LogP) is 3.05. The molecule has 1 amide bonds. The van der Waals surface area contributed by atoms with Crippen molar-refractivity contribution in [1.82, 2.24) is 4.98 Å². The molecule has 23 heavy (non-hydrogen) atoms. The zero-order valence-electron chi connectivity index (χ0n) is 12.4. The van der Waals surface area contributed by atoms with E-state index in [1.807, 2.05) is 24.3 Å². The Hall–Kier alpha value is -2.79. The minimum absolute atomic E-state index is 0.148. The van der Waals surface area contributed by atoms with Crippen LogP contribution in [-0.2, 0) is 4.79 Å². The molecule has 0 saturated heterocycles. The Labute approximate surface area is 133 Å². The van der Waals surface area contributed by atoms with Crippen LogP contribution in [0, 0.1) is 5.82 Å². The van der Waals surface area contributed by atoms with Crippen LogP contribution in [0.1, 0.15) is 11.5 Å². The van der Waals surface area contributed by atoms with Gasteiger partial charge in [-0.2, -0.15) is 0 Å². The second-order valence-electron chi connectivity index (χ2n) is 5.27. The molecule has 3 aromatic rings. The molecule has 3 rings (SSSR count). The summed E-state index contributed by atoms with van der Waals surface area (Å²) in [7, 11) is 0. The molecular formula is C18H16FN3O. The topological polar surface area (TPSA) is 68.0 Å². The van der Waals surface area contributed by atoms with Crippen molar-refractivity contribution < 1.29 is 9.18 Å². The van der Waals surface area contributed by atoms with Crippen molar-refractivity contribution in [3.05, 3.63) is 72.3 Å². The zero-order valence-corrected chi connectivity index (χ0v) is 12.4. The van der Waals surface area contributed by atoms with Crippen molar-refractivity contribution in [1.29, 1.82) is 0 Å². The SMILES string of the molecule is NCC(C(=O)Nc1ccc2cnccc2c1)c1ccc(F)cc1. The van der Waals surface area contributed by atoms with Crippen LogP contribution in [0.2, 0.25) is 0 Å². The summed E-state index contributed by atoms with van der Waals surface area (Å²) in [6, 6.07) is 13.3. The molecule has 0 aliphatic carbocycles. The van der Waals surface area contributed by atoms with E-state index in [2.05, 4.69) is 10.3 Å². The van der Waals surface area contributed by atoms with Crippen molar-refractivity contribution in [2.45, 2.75) is 5.92 Å². The van der Waals surface area contributed by atoms with Gasteiger partial charge in [0.1, 0.15) is 5.82 Å². The third-order valence-electron chi connectivity index (χ3n) is 3.73. The van der Waals surface area contributed by atoms with Crippen molar-refractivity contribution in [3.8, 4) is 0 Å². The molecule has 1 heterocycles. The number of carbonyl (C=O) groups is 1. The van der Waals surface area contributed by atoms with Crippen LogP contribution in [0.25, 0.3) is 10.8 Å². The molecule has 0 fully saturated rings. The molecule has 1 aromatic heterocycles. The summed E-state index contributed by atoms with van der Waals surface area (Å²) in [6.07, 6.45) is 3.47. The van der Waals surface area contributed by atoms with Gasteiger partial charge in [-0.25, -0.2) is 4.39 Å². The summed E-state index contributed by atoms with van der Waals surface area (Å²) in [5.41, 5.74) is 7.11. The van der Waals surface area contributed by atoms with Crippen molar-refractivity contribution in [3.63, 3.8) is 0 Å². The van der Waals surface area contributed by atoms with E-state index in [0.29, 0.717) is 11.3 Å². The number of nitrogens with two attached hydrogens (primary N) is 1. The molecule has 0 aliphatic heterocycles. The number of benzene rings is 2. The van der Waals surface area contributed by atoms with Crippen LogP contribution in [0.4, 0.5) is 10.1 Å². The van der Waals surface area contributed by atoms with Crippen LogP contribution in [-0.4, -0.2) is 17.4 Å². The van der Waals surface area contributed by atoms with Crippen LogP contribution in [0.5, 0.6) is 0 Å². The summed E-state index contributed by atoms with van der Waals surface area (Å²) >= 11 is 0. The van der Waals surface area contributed by atoms with Crippen molar-refractivity contribution in [2.24, 2.45) is 5.73 Å². The summed E-state index contributed by atoms with van der Waals surface area (Å²) in [5.74, 6) is -1.08. The molecule has 0 radical (unpaired) electrons. The molecule has 2 aromatic carbocycles. The van der Waals surface area contributed by atoms with Gasteiger partial charge in [-0.05, 0) is 41.3 Å². The number of carbonyl (C=O) groups excluding carboxylic acids is 1. The molecule has 1 unspecified atom stereocenters. The van der Waals surface area contributed by atoms with E-state index in [1.165, 1.54) is 12.1 Å². The highest BCUT2D eigenvalue weighted by atomic mass is 19.1. The number of nitrogens with one attached hydrogen (secondary N) is 1. The third-order valence-corrected chi connectivity index (χ3v) is 3.73. The largest absolute Gasteiger partial charge is 0.329 e. The van der Waals surface area contributed by atoms with E-state index in [1.54, 1.807) is 24.5 Å². The van der Waals surface area contributed by atoms with Gasteiger partial charge in [0.25, 0.3) is 0 Å². The Morgan fingerprint density at radius 1 is 1.13 bits per heavy atom. The van der Waals surface area contributed by atoms with E-state index >= 15 is 0 Å². The fourth-order valence-corrected chi connectivity index (χ4v) is 2.48. The summed E-state index contributed by atoms with van der Waals surface area (Å²) in [5, 5.41) is 4.85. The summed E-state index contributed by atoms with van der Waals surface area (Å²) in [6.45, 7) is 0.148. The number of aromatic nitrogens is 1. The van der Waals surface area contributed by atoms with Gasteiger partial charge in [-0.1, -0.05) is 18.2 Å². The molecule has 0 saturated carbocycles. The van der Waals surface area contributed by atoms with Gasteiger partial charge in [0, 0.05) is 30.0 Å². The van der Waals surface area contributed by atoms with E-state index < -0.39 is 5.92 Å². The number of anilines is 1. The highest BCUT2D eigenvalue weighted by molar-refractivity contribution is 5.98. The Balaban J connectivity index is 1.81. The third kappa shape index (κ3) is 3.35. The highest BCUT2D eigenvalue weighted by Crippen LogP contribution is 2.21. The number of nitrogens with zero attached hydrogens (tertiary/aromatic N) is 1. The number of fused-ring (bicyclic) bond motifs is 1. The quantitative estimate of drug-likeness (QED) is 0.778. The smallest absolute Gasteiger partial charge is 0.233 e. The zero-order chi connectivity index (χ0) is 16.2. The fourth-order valence-electron chi connectivity index (χ4n) is 2.48. The highest BCUT2D eigenvalue weighted by Gasteiger charge is 2.19. The van der Waals surface area contributed by atoms with E-state index in [4.69, 9.17) is 5.73 Å². The lowest BCUT2D eigenvalue weighted by molar-refractivity contribution is -0.117. The average molecular weight is 309 g/mol. The van der Waals surface area contributed by atoms with E-state index in [9.17, 15) is 9.18 Å². The first-order valence-electron chi connectivity index (χ1n) is 7.27. The molecule has 116 valence electrons. The first-order chi connectivity index (χ1) is 11.2. The second-order valence-corrected chi connectivity index (χ2v) is 5.27. The van der Waals surface area contributed by atoms with E-state index in [-0.39, 0.29) is 18.3 Å². The van der Waals surface area contributed by atoms with Crippen LogP contribution >= 0.6 is 0 Å². The maximum Gasteiger partial charge on any atom is 0.233 e. The summed E-state index contributed by atoms with van der Waals surface area (Å²) in [4.78, 5) is 16.5. The normalized spacial score (nSPS) is 12.1. The van der Waals surface area contributed by atoms with Crippen LogP contribution in [0.15, 0.2) is 60.9 Å². The first-order valence-corrected chi connectivity index (χ1v) is 7.27. The number of pyridine rings is 1.